The molecule has 0 radical (unpaired) electrons. The van der Waals surface area contributed by atoms with Crippen LogP contribution in [-0.4, -0.2) is 24.9 Å². The molecule has 3 rings (SSSR count). The molecule has 2 aromatic carbocycles. The van der Waals surface area contributed by atoms with Gasteiger partial charge in [0.1, 0.15) is 0 Å². The number of carbonyl (C=O) groups excluding carboxylic acids is 2. The van der Waals surface area contributed by atoms with E-state index in [1.807, 2.05) is 36.4 Å². The zero-order chi connectivity index (χ0) is 19.2. The summed E-state index contributed by atoms with van der Waals surface area (Å²) in [7, 11) is 0. The van der Waals surface area contributed by atoms with Crippen LogP contribution >= 0.6 is 0 Å². The molecule has 27 heavy (non-hydrogen) atoms. The number of amides is 2. The van der Waals surface area contributed by atoms with Gasteiger partial charge in [-0.2, -0.15) is 0 Å². The Morgan fingerprint density at radius 3 is 2.56 bits per heavy atom. The minimum Gasteiger partial charge on any atom is -0.374 e. The van der Waals surface area contributed by atoms with Gasteiger partial charge in [-0.1, -0.05) is 38.1 Å². The molecule has 0 saturated carbocycles. The van der Waals surface area contributed by atoms with Crippen molar-refractivity contribution >= 4 is 28.9 Å². The summed E-state index contributed by atoms with van der Waals surface area (Å²) in [6, 6.07) is 15.6. The van der Waals surface area contributed by atoms with E-state index in [4.69, 9.17) is 0 Å². The molecule has 0 spiro atoms. The molecule has 0 unspecified atom stereocenters. The van der Waals surface area contributed by atoms with Crippen molar-refractivity contribution in [2.24, 2.45) is 0 Å². The van der Waals surface area contributed by atoms with E-state index in [1.165, 1.54) is 5.56 Å². The summed E-state index contributed by atoms with van der Waals surface area (Å²) >= 11 is 0. The van der Waals surface area contributed by atoms with E-state index in [9.17, 15) is 9.59 Å². The number of rotatable bonds is 7. The van der Waals surface area contributed by atoms with Crippen LogP contribution in [0.15, 0.2) is 48.5 Å². The zero-order valence-electron chi connectivity index (χ0n) is 16.0. The van der Waals surface area contributed by atoms with Crippen LogP contribution in [0, 0.1) is 0 Å². The number of benzene rings is 2. The third kappa shape index (κ3) is 4.67. The van der Waals surface area contributed by atoms with E-state index in [2.05, 4.69) is 36.6 Å². The van der Waals surface area contributed by atoms with E-state index in [1.54, 1.807) is 4.90 Å². The normalized spacial score (nSPS) is 14.9. The standard InChI is InChI=1S/C22H27N3O2/c1-3-16(2)17-10-12-18(13-11-17)24-21(26)15-23-19-7-4-5-8-20(19)25-14-6-9-22(25)27/h4-5,7-8,10-13,16,23H,3,6,9,14-15H2,1-2H3,(H,24,26)/t16-/m0/s1. The van der Waals surface area contributed by atoms with Crippen molar-refractivity contribution < 1.29 is 9.59 Å². The van der Waals surface area contributed by atoms with E-state index >= 15 is 0 Å². The van der Waals surface area contributed by atoms with Gasteiger partial charge in [0.05, 0.1) is 17.9 Å². The molecule has 1 aliphatic heterocycles. The fraction of sp³-hybridized carbons (Fsp3) is 0.364. The first-order chi connectivity index (χ1) is 13.1. The van der Waals surface area contributed by atoms with Gasteiger partial charge in [0, 0.05) is 18.7 Å². The van der Waals surface area contributed by atoms with Gasteiger partial charge in [0.15, 0.2) is 0 Å². The molecule has 1 fully saturated rings. The van der Waals surface area contributed by atoms with E-state index in [0.717, 1.165) is 36.4 Å². The molecule has 0 aromatic heterocycles. The fourth-order valence-corrected chi connectivity index (χ4v) is 3.27. The van der Waals surface area contributed by atoms with Crippen LogP contribution in [0.4, 0.5) is 17.1 Å². The molecule has 2 amide bonds. The van der Waals surface area contributed by atoms with Crippen molar-refractivity contribution in [3.8, 4) is 0 Å². The van der Waals surface area contributed by atoms with Crippen molar-refractivity contribution in [3.63, 3.8) is 0 Å². The maximum atomic E-state index is 12.3. The second kappa shape index (κ2) is 8.71. The highest BCUT2D eigenvalue weighted by Gasteiger charge is 2.23. The Kier molecular flexibility index (Phi) is 6.12. The lowest BCUT2D eigenvalue weighted by Crippen LogP contribution is -2.26. The summed E-state index contributed by atoms with van der Waals surface area (Å²) < 4.78 is 0. The molecule has 2 N–H and O–H groups in total. The Hall–Kier alpha value is -2.82. The molecule has 5 nitrogen and oxygen atoms in total. The van der Waals surface area contributed by atoms with E-state index in [0.29, 0.717) is 12.3 Å². The smallest absolute Gasteiger partial charge is 0.243 e. The summed E-state index contributed by atoms with van der Waals surface area (Å²) in [5.74, 6) is 0.533. The lowest BCUT2D eigenvalue weighted by atomic mass is 9.99. The third-order valence-corrected chi connectivity index (χ3v) is 5.08. The number of nitrogens with zero attached hydrogens (tertiary/aromatic N) is 1. The monoisotopic (exact) mass is 365 g/mol. The van der Waals surface area contributed by atoms with Gasteiger partial charge in [0.2, 0.25) is 11.8 Å². The van der Waals surface area contributed by atoms with Crippen molar-refractivity contribution in [2.75, 3.05) is 28.6 Å². The zero-order valence-corrected chi connectivity index (χ0v) is 16.0. The summed E-state index contributed by atoms with van der Waals surface area (Å²) in [6.45, 7) is 5.23. The van der Waals surface area contributed by atoms with Crippen LogP contribution in [0.25, 0.3) is 0 Å². The Morgan fingerprint density at radius 2 is 1.89 bits per heavy atom. The predicted molar refractivity (Wildman–Crippen MR) is 110 cm³/mol. The first-order valence-corrected chi connectivity index (χ1v) is 9.61. The summed E-state index contributed by atoms with van der Waals surface area (Å²) in [4.78, 5) is 26.1. The second-order valence-electron chi connectivity index (χ2n) is 7.00. The van der Waals surface area contributed by atoms with Crippen LogP contribution in [-0.2, 0) is 9.59 Å². The first kappa shape index (κ1) is 19.0. The molecular weight excluding hydrogens is 338 g/mol. The Balaban J connectivity index is 1.59. The average molecular weight is 365 g/mol. The Morgan fingerprint density at radius 1 is 1.15 bits per heavy atom. The van der Waals surface area contributed by atoms with Crippen LogP contribution < -0.4 is 15.5 Å². The van der Waals surface area contributed by atoms with Gasteiger partial charge in [-0.05, 0) is 48.6 Å². The van der Waals surface area contributed by atoms with Crippen LogP contribution in [0.3, 0.4) is 0 Å². The summed E-state index contributed by atoms with van der Waals surface area (Å²) in [6.07, 6.45) is 2.55. The number of anilines is 3. The van der Waals surface area contributed by atoms with Crippen molar-refractivity contribution in [1.82, 2.24) is 0 Å². The topological polar surface area (TPSA) is 61.4 Å². The second-order valence-corrected chi connectivity index (χ2v) is 7.00. The predicted octanol–water partition coefficient (Wildman–Crippen LogP) is 4.38. The SMILES string of the molecule is CC[C@H](C)c1ccc(NC(=O)CNc2ccccc2N2CCCC2=O)cc1. The molecule has 1 heterocycles. The lowest BCUT2D eigenvalue weighted by molar-refractivity contribution is -0.117. The number of nitrogens with one attached hydrogen (secondary N) is 2. The maximum Gasteiger partial charge on any atom is 0.243 e. The minimum absolute atomic E-state index is 0.117. The number of hydrogen-bond donors (Lipinski definition) is 2. The number of para-hydroxylation sites is 2. The summed E-state index contributed by atoms with van der Waals surface area (Å²) in [5, 5.41) is 6.08. The van der Waals surface area contributed by atoms with E-state index < -0.39 is 0 Å². The van der Waals surface area contributed by atoms with Crippen molar-refractivity contribution in [3.05, 3.63) is 54.1 Å². The molecule has 1 saturated heterocycles. The molecule has 5 heteroatoms. The van der Waals surface area contributed by atoms with Gasteiger partial charge < -0.3 is 15.5 Å². The number of hydrogen-bond acceptors (Lipinski definition) is 3. The van der Waals surface area contributed by atoms with Gasteiger partial charge >= 0.3 is 0 Å². The lowest BCUT2D eigenvalue weighted by Gasteiger charge is -2.20. The average Bonchev–Trinajstić information content (AvgIpc) is 3.12. The Bertz CT molecular complexity index is 801. The third-order valence-electron chi connectivity index (χ3n) is 5.08. The van der Waals surface area contributed by atoms with Gasteiger partial charge in [0.25, 0.3) is 0 Å². The highest BCUT2D eigenvalue weighted by molar-refractivity contribution is 5.99. The highest BCUT2D eigenvalue weighted by atomic mass is 16.2. The van der Waals surface area contributed by atoms with Gasteiger partial charge in [-0.25, -0.2) is 0 Å². The molecule has 1 aliphatic rings. The number of carbonyl (C=O) groups is 2. The molecule has 1 atom stereocenters. The first-order valence-electron chi connectivity index (χ1n) is 9.61. The van der Waals surface area contributed by atoms with Crippen molar-refractivity contribution in [2.45, 2.75) is 39.0 Å². The molecule has 0 bridgehead atoms. The van der Waals surface area contributed by atoms with Crippen molar-refractivity contribution in [1.29, 1.82) is 0 Å². The largest absolute Gasteiger partial charge is 0.374 e. The summed E-state index contributed by atoms with van der Waals surface area (Å²) in [5.41, 5.74) is 3.70. The molecule has 2 aromatic rings. The fourth-order valence-electron chi connectivity index (χ4n) is 3.27. The molecule has 142 valence electrons. The van der Waals surface area contributed by atoms with Crippen LogP contribution in [0.2, 0.25) is 0 Å². The molecule has 0 aliphatic carbocycles. The van der Waals surface area contributed by atoms with Crippen LogP contribution in [0.5, 0.6) is 0 Å². The minimum atomic E-state index is -0.117. The van der Waals surface area contributed by atoms with E-state index in [-0.39, 0.29) is 18.4 Å². The maximum absolute atomic E-state index is 12.3. The van der Waals surface area contributed by atoms with Gasteiger partial charge in [-0.15, -0.1) is 0 Å². The highest BCUT2D eigenvalue weighted by Crippen LogP contribution is 2.29. The Labute approximate surface area is 160 Å². The quantitative estimate of drug-likeness (QED) is 0.765. The van der Waals surface area contributed by atoms with Gasteiger partial charge in [-0.3, -0.25) is 9.59 Å². The van der Waals surface area contributed by atoms with Crippen LogP contribution in [0.1, 0.15) is 44.6 Å². The molecular formula is C22H27N3O2.